The highest BCUT2D eigenvalue weighted by molar-refractivity contribution is 6.36. The molecule has 8 heteroatoms. The third kappa shape index (κ3) is 5.02. The van der Waals surface area contributed by atoms with Crippen LogP contribution < -0.4 is 15.4 Å². The summed E-state index contributed by atoms with van der Waals surface area (Å²) in [6.07, 6.45) is 9.73. The Morgan fingerprint density at radius 3 is 2.64 bits per heavy atom. The highest BCUT2D eigenvalue weighted by Crippen LogP contribution is 2.40. The fourth-order valence-corrected chi connectivity index (χ4v) is 3.41. The largest absolute Gasteiger partial charge is 0.495 e. The van der Waals surface area contributed by atoms with Crippen LogP contribution in [0.1, 0.15) is 41.0 Å². The number of carbonyl (C=O) groups excluding carboxylic acids is 2. The molecule has 0 bridgehead atoms. The van der Waals surface area contributed by atoms with Gasteiger partial charge in [0.05, 0.1) is 25.0 Å². The molecule has 3 heterocycles. The quantitative estimate of drug-likeness (QED) is 0.424. The fourth-order valence-electron chi connectivity index (χ4n) is 3.41. The first-order valence-electron chi connectivity index (χ1n) is 10.5. The number of rotatable bonds is 6. The summed E-state index contributed by atoms with van der Waals surface area (Å²) in [6, 6.07) is 8.43. The molecule has 1 aromatic carbocycles. The third-order valence-corrected chi connectivity index (χ3v) is 4.84. The van der Waals surface area contributed by atoms with E-state index in [1.165, 1.54) is 12.4 Å². The van der Waals surface area contributed by atoms with E-state index in [0.717, 1.165) is 0 Å². The van der Waals surface area contributed by atoms with Crippen LogP contribution in [0.5, 0.6) is 5.75 Å². The zero-order valence-electron chi connectivity index (χ0n) is 18.7. The number of methoxy groups -OCH3 is 1. The van der Waals surface area contributed by atoms with Crippen LogP contribution in [0.25, 0.3) is 17.7 Å². The smallest absolute Gasteiger partial charge is 0.256 e. The van der Waals surface area contributed by atoms with E-state index < -0.39 is 0 Å². The molecule has 0 atom stereocenters. The Morgan fingerprint density at radius 1 is 1.18 bits per heavy atom. The standard InChI is InChI=1S/C23H20N4O4.C2H6/c1-31-20-8-11-25-19(20)13-16-21-15(3-2-12-28)17(4-5-18(21)27-23(16)30)26-22(29)14-6-9-24-10-7-14;1-2/h2-11,13,25,28H,12H2,1H3,(H,26,29)(H,27,30);1-2H3/b3-2?,16-13-;. The zero-order chi connectivity index (χ0) is 23.8. The van der Waals surface area contributed by atoms with Crippen molar-refractivity contribution in [3.05, 3.63) is 77.4 Å². The number of H-pyrrole nitrogens is 1. The van der Waals surface area contributed by atoms with E-state index in [4.69, 9.17) is 4.74 Å². The molecule has 1 aliphatic rings. The number of anilines is 2. The number of hydrogen-bond acceptors (Lipinski definition) is 5. The first-order chi connectivity index (χ1) is 16.1. The average molecular weight is 447 g/mol. The number of amides is 2. The van der Waals surface area contributed by atoms with Gasteiger partial charge in [-0.2, -0.15) is 0 Å². The van der Waals surface area contributed by atoms with Crippen molar-refractivity contribution in [3.8, 4) is 5.75 Å². The lowest BCUT2D eigenvalue weighted by Gasteiger charge is -2.13. The number of aromatic amines is 1. The second-order valence-corrected chi connectivity index (χ2v) is 6.70. The Labute approximate surface area is 192 Å². The summed E-state index contributed by atoms with van der Waals surface area (Å²) >= 11 is 0. The van der Waals surface area contributed by atoms with Crippen LogP contribution >= 0.6 is 0 Å². The summed E-state index contributed by atoms with van der Waals surface area (Å²) in [5.74, 6) is 0.0149. The van der Waals surface area contributed by atoms with Crippen LogP contribution in [0.3, 0.4) is 0 Å². The van der Waals surface area contributed by atoms with Crippen molar-refractivity contribution in [2.24, 2.45) is 0 Å². The number of carbonyl (C=O) groups is 2. The number of pyridine rings is 1. The van der Waals surface area contributed by atoms with Crippen LogP contribution in [0, 0.1) is 0 Å². The molecule has 8 nitrogen and oxygen atoms in total. The summed E-state index contributed by atoms with van der Waals surface area (Å²) in [5.41, 5.74) is 3.85. The molecule has 0 radical (unpaired) electrons. The van der Waals surface area contributed by atoms with Gasteiger partial charge < -0.3 is 25.5 Å². The van der Waals surface area contributed by atoms with E-state index in [1.54, 1.807) is 61.9 Å². The minimum Gasteiger partial charge on any atom is -0.495 e. The molecule has 3 aromatic rings. The molecule has 2 aromatic heterocycles. The molecule has 0 fully saturated rings. The minimum absolute atomic E-state index is 0.188. The van der Waals surface area contributed by atoms with Gasteiger partial charge in [-0.05, 0) is 36.4 Å². The molecule has 2 amide bonds. The Balaban J connectivity index is 0.00000149. The first kappa shape index (κ1) is 23.5. The molecule has 0 aliphatic carbocycles. The van der Waals surface area contributed by atoms with Crippen molar-refractivity contribution in [1.29, 1.82) is 0 Å². The highest BCUT2D eigenvalue weighted by Gasteiger charge is 2.28. The Bertz CT molecular complexity index is 1200. The van der Waals surface area contributed by atoms with Crippen molar-refractivity contribution >= 4 is 40.9 Å². The maximum Gasteiger partial charge on any atom is 0.256 e. The van der Waals surface area contributed by atoms with Gasteiger partial charge in [0.15, 0.2) is 0 Å². The third-order valence-electron chi connectivity index (χ3n) is 4.84. The predicted octanol–water partition coefficient (Wildman–Crippen LogP) is 4.20. The van der Waals surface area contributed by atoms with Crippen molar-refractivity contribution < 1.29 is 19.4 Å². The normalized spacial score (nSPS) is 13.3. The van der Waals surface area contributed by atoms with Crippen LogP contribution in [0.15, 0.2) is 55.0 Å². The lowest BCUT2D eigenvalue weighted by molar-refractivity contribution is -0.110. The summed E-state index contributed by atoms with van der Waals surface area (Å²) in [7, 11) is 1.55. The summed E-state index contributed by atoms with van der Waals surface area (Å²) in [6.45, 7) is 3.81. The predicted molar refractivity (Wildman–Crippen MR) is 130 cm³/mol. The van der Waals surface area contributed by atoms with E-state index in [1.807, 2.05) is 13.8 Å². The molecular weight excluding hydrogens is 420 g/mol. The molecular formula is C25H26N4O4. The number of aromatic nitrogens is 2. The number of benzene rings is 1. The van der Waals surface area contributed by atoms with E-state index >= 15 is 0 Å². The van der Waals surface area contributed by atoms with Gasteiger partial charge in [0.25, 0.3) is 11.8 Å². The molecule has 4 N–H and O–H groups in total. The Hall–Kier alpha value is -4.17. The minimum atomic E-state index is -0.310. The SMILES string of the molecule is CC.COc1cc[nH]c1/C=C1\C(=O)Nc2ccc(NC(=O)c3ccncc3)c(C=CCO)c21. The summed E-state index contributed by atoms with van der Waals surface area (Å²) < 4.78 is 5.32. The molecule has 4 rings (SSSR count). The van der Waals surface area contributed by atoms with Crippen LogP contribution in [-0.4, -0.2) is 40.6 Å². The van der Waals surface area contributed by atoms with E-state index in [9.17, 15) is 14.7 Å². The highest BCUT2D eigenvalue weighted by atomic mass is 16.5. The zero-order valence-corrected chi connectivity index (χ0v) is 18.7. The molecule has 33 heavy (non-hydrogen) atoms. The monoisotopic (exact) mass is 446 g/mol. The number of fused-ring (bicyclic) bond motifs is 1. The second-order valence-electron chi connectivity index (χ2n) is 6.70. The number of hydrogen-bond donors (Lipinski definition) is 4. The van der Waals surface area contributed by atoms with Gasteiger partial charge in [-0.1, -0.05) is 26.0 Å². The molecule has 0 saturated heterocycles. The van der Waals surface area contributed by atoms with Crippen molar-refractivity contribution in [3.63, 3.8) is 0 Å². The topological polar surface area (TPSA) is 116 Å². The fraction of sp³-hybridized carbons (Fsp3) is 0.160. The van der Waals surface area contributed by atoms with E-state index in [0.29, 0.717) is 45.1 Å². The number of nitrogens with one attached hydrogen (secondary N) is 3. The molecule has 170 valence electrons. The maximum atomic E-state index is 12.7. The van der Waals surface area contributed by atoms with Crippen LogP contribution in [0.4, 0.5) is 11.4 Å². The number of aliphatic hydroxyl groups is 1. The van der Waals surface area contributed by atoms with Gasteiger partial charge in [0, 0.05) is 46.7 Å². The first-order valence-corrected chi connectivity index (χ1v) is 10.5. The van der Waals surface area contributed by atoms with E-state index in [2.05, 4.69) is 20.6 Å². The van der Waals surface area contributed by atoms with Crippen molar-refractivity contribution in [2.75, 3.05) is 24.4 Å². The van der Waals surface area contributed by atoms with Crippen molar-refractivity contribution in [1.82, 2.24) is 9.97 Å². The summed E-state index contributed by atoms with van der Waals surface area (Å²) in [4.78, 5) is 32.4. The van der Waals surface area contributed by atoms with Gasteiger partial charge in [0.1, 0.15) is 5.75 Å². The van der Waals surface area contributed by atoms with Crippen molar-refractivity contribution in [2.45, 2.75) is 13.8 Å². The Morgan fingerprint density at radius 2 is 1.94 bits per heavy atom. The molecule has 0 saturated carbocycles. The van der Waals surface area contributed by atoms with Crippen LogP contribution in [-0.2, 0) is 4.79 Å². The molecule has 1 aliphatic heterocycles. The molecule has 0 spiro atoms. The average Bonchev–Trinajstić information content (AvgIpc) is 3.44. The van der Waals surface area contributed by atoms with Gasteiger partial charge in [-0.3, -0.25) is 14.6 Å². The lowest BCUT2D eigenvalue weighted by Crippen LogP contribution is -2.13. The Kier molecular flexibility index (Phi) is 7.77. The lowest BCUT2D eigenvalue weighted by atomic mass is 9.97. The van der Waals surface area contributed by atoms with Gasteiger partial charge in [-0.15, -0.1) is 0 Å². The van der Waals surface area contributed by atoms with Crippen LogP contribution in [0.2, 0.25) is 0 Å². The van der Waals surface area contributed by atoms with Gasteiger partial charge in [0.2, 0.25) is 0 Å². The maximum absolute atomic E-state index is 12.7. The molecule has 0 unspecified atom stereocenters. The number of ether oxygens (including phenoxy) is 1. The number of nitrogens with zero attached hydrogens (tertiary/aromatic N) is 1. The van der Waals surface area contributed by atoms with Gasteiger partial charge >= 0.3 is 0 Å². The summed E-state index contributed by atoms with van der Waals surface area (Å²) in [5, 5.41) is 15.1. The second kappa shape index (κ2) is 10.9. The number of aliphatic hydroxyl groups excluding tert-OH is 1. The van der Waals surface area contributed by atoms with Gasteiger partial charge in [-0.25, -0.2) is 0 Å². The van der Waals surface area contributed by atoms with E-state index in [-0.39, 0.29) is 18.4 Å².